The highest BCUT2D eigenvalue weighted by molar-refractivity contribution is 6.28. The lowest BCUT2D eigenvalue weighted by molar-refractivity contribution is -0.384. The normalized spacial score (nSPS) is 24.0. The molecule has 1 aliphatic heterocycles. The quantitative estimate of drug-likeness (QED) is 0.490. The van der Waals surface area contributed by atoms with Crippen LogP contribution in [-0.2, 0) is 9.53 Å². The van der Waals surface area contributed by atoms with Gasteiger partial charge in [-0.2, -0.15) is 4.98 Å². The Morgan fingerprint density at radius 1 is 1.32 bits per heavy atom. The van der Waals surface area contributed by atoms with Gasteiger partial charge in [-0.25, -0.2) is 4.98 Å². The standard InChI is InChI=1S/C15H20ClN5O4/c16-15-17-9-12(21(23)24)13(19-15)18-11-3-1-10(2-4-11)14(22)20-5-7-25-8-6-20/h9-11H,1-8H2,(H,17,18,19)/t10-,11-. The number of aromatic nitrogens is 2. The van der Waals surface area contributed by atoms with Crippen LogP contribution in [-0.4, -0.2) is 58.0 Å². The fourth-order valence-corrected chi connectivity index (χ4v) is 3.45. The molecule has 2 aliphatic rings. The Kier molecular flexibility index (Phi) is 5.64. The number of ether oxygens (including phenoxy) is 1. The van der Waals surface area contributed by atoms with Crippen molar-refractivity contribution in [1.29, 1.82) is 0 Å². The lowest BCUT2D eigenvalue weighted by atomic mass is 9.85. The second kappa shape index (κ2) is 7.92. The van der Waals surface area contributed by atoms with Gasteiger partial charge in [0.1, 0.15) is 6.20 Å². The van der Waals surface area contributed by atoms with E-state index in [2.05, 4.69) is 15.3 Å². The van der Waals surface area contributed by atoms with Crippen molar-refractivity contribution in [3.8, 4) is 0 Å². The van der Waals surface area contributed by atoms with Crippen LogP contribution in [0, 0.1) is 16.0 Å². The van der Waals surface area contributed by atoms with E-state index in [4.69, 9.17) is 16.3 Å². The summed E-state index contributed by atoms with van der Waals surface area (Å²) in [7, 11) is 0. The number of nitrogens with zero attached hydrogens (tertiary/aromatic N) is 4. The summed E-state index contributed by atoms with van der Waals surface area (Å²) in [4.78, 5) is 32.5. The summed E-state index contributed by atoms with van der Waals surface area (Å²) in [5.41, 5.74) is -0.198. The highest BCUT2D eigenvalue weighted by atomic mass is 35.5. The summed E-state index contributed by atoms with van der Waals surface area (Å²) in [6.45, 7) is 2.51. The van der Waals surface area contributed by atoms with Crippen LogP contribution in [0.1, 0.15) is 25.7 Å². The molecule has 1 aliphatic carbocycles. The van der Waals surface area contributed by atoms with E-state index in [1.807, 2.05) is 4.90 Å². The molecular formula is C15H20ClN5O4. The van der Waals surface area contributed by atoms with Crippen LogP contribution in [0.3, 0.4) is 0 Å². The summed E-state index contributed by atoms with van der Waals surface area (Å²) in [6, 6.07) is 0.0263. The molecule has 9 nitrogen and oxygen atoms in total. The first kappa shape index (κ1) is 17.8. The average Bonchev–Trinajstić information content (AvgIpc) is 2.62. The molecule has 1 aromatic heterocycles. The van der Waals surface area contributed by atoms with E-state index in [1.54, 1.807) is 0 Å². The van der Waals surface area contributed by atoms with E-state index in [-0.39, 0.29) is 34.7 Å². The molecule has 1 amide bonds. The van der Waals surface area contributed by atoms with E-state index >= 15 is 0 Å². The van der Waals surface area contributed by atoms with Crippen LogP contribution in [0.5, 0.6) is 0 Å². The van der Waals surface area contributed by atoms with Crippen LogP contribution in [0.25, 0.3) is 0 Å². The van der Waals surface area contributed by atoms with Gasteiger partial charge in [0.25, 0.3) is 0 Å². The van der Waals surface area contributed by atoms with Gasteiger partial charge in [-0.15, -0.1) is 0 Å². The van der Waals surface area contributed by atoms with Gasteiger partial charge in [0.2, 0.25) is 17.0 Å². The smallest absolute Gasteiger partial charge is 0.329 e. The summed E-state index contributed by atoms with van der Waals surface area (Å²) in [6.07, 6.45) is 4.10. The minimum absolute atomic E-state index is 0.0140. The molecular weight excluding hydrogens is 350 g/mol. The van der Waals surface area contributed by atoms with E-state index in [1.165, 1.54) is 0 Å². The fraction of sp³-hybridized carbons (Fsp3) is 0.667. The Labute approximate surface area is 149 Å². The van der Waals surface area contributed by atoms with Crippen LogP contribution in [0.4, 0.5) is 11.5 Å². The lowest BCUT2D eigenvalue weighted by Gasteiger charge is -2.34. The number of hydrogen-bond donors (Lipinski definition) is 1. The molecule has 10 heteroatoms. The van der Waals surface area contributed by atoms with Gasteiger partial charge in [-0.1, -0.05) is 0 Å². The topological polar surface area (TPSA) is 110 Å². The zero-order valence-corrected chi connectivity index (χ0v) is 14.4. The molecule has 0 atom stereocenters. The van der Waals surface area contributed by atoms with Gasteiger partial charge in [0.15, 0.2) is 0 Å². The molecule has 0 aromatic carbocycles. The first-order chi connectivity index (χ1) is 12.0. The van der Waals surface area contributed by atoms with Crippen LogP contribution >= 0.6 is 11.6 Å². The third kappa shape index (κ3) is 4.35. The van der Waals surface area contributed by atoms with E-state index in [0.29, 0.717) is 26.3 Å². The molecule has 1 saturated carbocycles. The highest BCUT2D eigenvalue weighted by Crippen LogP contribution is 2.30. The Hall–Kier alpha value is -2.00. The Balaban J connectivity index is 1.57. The summed E-state index contributed by atoms with van der Waals surface area (Å²) in [5.74, 6) is 0.339. The summed E-state index contributed by atoms with van der Waals surface area (Å²) >= 11 is 5.74. The molecule has 0 bridgehead atoms. The van der Waals surface area contributed by atoms with Gasteiger partial charge < -0.3 is 15.0 Å². The van der Waals surface area contributed by atoms with Crippen molar-refractivity contribution in [2.45, 2.75) is 31.7 Å². The molecule has 0 spiro atoms. The van der Waals surface area contributed by atoms with Gasteiger partial charge in [-0.3, -0.25) is 14.9 Å². The van der Waals surface area contributed by atoms with Crippen LogP contribution in [0.15, 0.2) is 6.20 Å². The van der Waals surface area contributed by atoms with Crippen molar-refractivity contribution < 1.29 is 14.5 Å². The number of rotatable bonds is 4. The predicted molar refractivity (Wildman–Crippen MR) is 90.5 cm³/mol. The molecule has 1 saturated heterocycles. The number of carbonyl (C=O) groups is 1. The monoisotopic (exact) mass is 369 g/mol. The highest BCUT2D eigenvalue weighted by Gasteiger charge is 2.31. The third-order valence-electron chi connectivity index (χ3n) is 4.68. The lowest BCUT2D eigenvalue weighted by Crippen LogP contribution is -2.45. The van der Waals surface area contributed by atoms with Crippen molar-refractivity contribution >= 4 is 29.0 Å². The number of anilines is 1. The second-order valence-electron chi connectivity index (χ2n) is 6.26. The van der Waals surface area contributed by atoms with Gasteiger partial charge >= 0.3 is 5.69 Å². The maximum absolute atomic E-state index is 12.5. The van der Waals surface area contributed by atoms with Crippen LogP contribution in [0.2, 0.25) is 5.28 Å². The molecule has 3 rings (SSSR count). The molecule has 2 heterocycles. The molecule has 25 heavy (non-hydrogen) atoms. The van der Waals surface area contributed by atoms with Gasteiger partial charge in [-0.05, 0) is 37.3 Å². The number of hydrogen-bond acceptors (Lipinski definition) is 7. The summed E-state index contributed by atoms with van der Waals surface area (Å²) < 4.78 is 5.28. The maximum atomic E-state index is 12.5. The first-order valence-electron chi connectivity index (χ1n) is 8.34. The fourth-order valence-electron chi connectivity index (χ4n) is 3.31. The Bertz CT molecular complexity index is 645. The van der Waals surface area contributed by atoms with E-state index in [0.717, 1.165) is 31.9 Å². The average molecular weight is 370 g/mol. The van der Waals surface area contributed by atoms with E-state index in [9.17, 15) is 14.9 Å². The SMILES string of the molecule is O=C([C@H]1CC[C@H](Nc2nc(Cl)ncc2[N+](=O)[O-])CC1)N1CCOCC1. The summed E-state index contributed by atoms with van der Waals surface area (Å²) in [5, 5.41) is 14.1. The first-order valence-corrected chi connectivity index (χ1v) is 8.72. The molecule has 2 fully saturated rings. The molecule has 136 valence electrons. The largest absolute Gasteiger partial charge is 0.378 e. The molecule has 1 aromatic rings. The van der Waals surface area contributed by atoms with Crippen molar-refractivity contribution in [2.75, 3.05) is 31.6 Å². The van der Waals surface area contributed by atoms with Crippen LogP contribution < -0.4 is 5.32 Å². The minimum Gasteiger partial charge on any atom is -0.378 e. The maximum Gasteiger partial charge on any atom is 0.329 e. The number of carbonyl (C=O) groups excluding carboxylic acids is 1. The number of nitrogens with one attached hydrogen (secondary N) is 1. The van der Waals surface area contributed by atoms with Crippen molar-refractivity contribution in [1.82, 2.24) is 14.9 Å². The third-order valence-corrected chi connectivity index (χ3v) is 4.86. The van der Waals surface area contributed by atoms with Crippen molar-refractivity contribution in [3.05, 3.63) is 21.6 Å². The Morgan fingerprint density at radius 3 is 2.64 bits per heavy atom. The number of amides is 1. The van der Waals surface area contributed by atoms with Gasteiger partial charge in [0, 0.05) is 25.0 Å². The number of nitro groups is 1. The second-order valence-corrected chi connectivity index (χ2v) is 6.60. The number of morpholine rings is 1. The predicted octanol–water partition coefficient (Wildman–Crippen LogP) is 1.87. The zero-order valence-electron chi connectivity index (χ0n) is 13.7. The molecule has 1 N–H and O–H groups in total. The zero-order chi connectivity index (χ0) is 17.8. The van der Waals surface area contributed by atoms with Crippen molar-refractivity contribution in [2.24, 2.45) is 5.92 Å². The van der Waals surface area contributed by atoms with E-state index < -0.39 is 4.92 Å². The molecule has 0 unspecified atom stereocenters. The van der Waals surface area contributed by atoms with Gasteiger partial charge in [0.05, 0.1) is 18.1 Å². The Morgan fingerprint density at radius 2 is 2.00 bits per heavy atom. The molecule has 0 radical (unpaired) electrons. The van der Waals surface area contributed by atoms with Crippen molar-refractivity contribution in [3.63, 3.8) is 0 Å². The number of halogens is 1. The minimum atomic E-state index is -0.535.